The van der Waals surface area contributed by atoms with E-state index in [1.54, 1.807) is 7.11 Å². The first kappa shape index (κ1) is 22.3. The number of esters is 1. The predicted molar refractivity (Wildman–Crippen MR) is 114 cm³/mol. The van der Waals surface area contributed by atoms with E-state index in [1.165, 1.54) is 12.5 Å². The molecule has 0 spiro atoms. The molecule has 1 aromatic carbocycles. The normalized spacial score (nSPS) is 17.4. The molecule has 2 heterocycles. The van der Waals surface area contributed by atoms with Crippen LogP contribution in [-0.2, 0) is 27.2 Å². The van der Waals surface area contributed by atoms with Gasteiger partial charge in [-0.3, -0.25) is 9.69 Å². The molecule has 1 saturated heterocycles. The first-order valence-electron chi connectivity index (χ1n) is 10.5. The van der Waals surface area contributed by atoms with Gasteiger partial charge in [-0.1, -0.05) is 6.92 Å². The van der Waals surface area contributed by atoms with E-state index in [4.69, 9.17) is 13.9 Å². The van der Waals surface area contributed by atoms with E-state index in [9.17, 15) is 14.7 Å². The fourth-order valence-electron chi connectivity index (χ4n) is 4.11. The number of carbonyl (C=O) groups excluding carboxylic acids is 1. The zero-order valence-electron chi connectivity index (χ0n) is 18.0. The molecule has 1 fully saturated rings. The SMILES string of the molecule is COCCOC(=O)CCc1cc2c(C)cc(=O)oc2c(CN2CCCC(C)C2)c1O. The molecule has 30 heavy (non-hydrogen) atoms. The van der Waals surface area contributed by atoms with E-state index in [2.05, 4.69) is 11.8 Å². The van der Waals surface area contributed by atoms with Crippen LogP contribution in [0.15, 0.2) is 21.3 Å². The summed E-state index contributed by atoms with van der Waals surface area (Å²) in [6.45, 7) is 7.02. The molecule has 1 aliphatic heterocycles. The van der Waals surface area contributed by atoms with Crippen molar-refractivity contribution in [1.29, 1.82) is 0 Å². The van der Waals surface area contributed by atoms with Gasteiger partial charge < -0.3 is 19.0 Å². The number of rotatable bonds is 8. The summed E-state index contributed by atoms with van der Waals surface area (Å²) >= 11 is 0. The number of benzene rings is 1. The van der Waals surface area contributed by atoms with Gasteiger partial charge in [0, 0.05) is 38.1 Å². The molecular weight excluding hydrogens is 386 g/mol. The summed E-state index contributed by atoms with van der Waals surface area (Å²) in [7, 11) is 1.55. The van der Waals surface area contributed by atoms with Crippen LogP contribution in [0.25, 0.3) is 11.0 Å². The largest absolute Gasteiger partial charge is 0.507 e. The maximum absolute atomic E-state index is 12.0. The lowest BCUT2D eigenvalue weighted by molar-refractivity contribution is -0.144. The molecule has 7 nitrogen and oxygen atoms in total. The zero-order valence-corrected chi connectivity index (χ0v) is 18.0. The molecule has 0 amide bonds. The van der Waals surface area contributed by atoms with Crippen LogP contribution in [0.4, 0.5) is 0 Å². The van der Waals surface area contributed by atoms with Crippen molar-refractivity contribution in [2.75, 3.05) is 33.4 Å². The number of likely N-dealkylation sites (tertiary alicyclic amines) is 1. The first-order chi connectivity index (χ1) is 14.4. The van der Waals surface area contributed by atoms with E-state index in [0.717, 1.165) is 30.5 Å². The highest BCUT2D eigenvalue weighted by Gasteiger charge is 2.22. The number of ether oxygens (including phenoxy) is 2. The third kappa shape index (κ3) is 5.40. The molecule has 1 aliphatic rings. The van der Waals surface area contributed by atoms with E-state index in [-0.39, 0.29) is 24.7 Å². The Morgan fingerprint density at radius 1 is 1.33 bits per heavy atom. The van der Waals surface area contributed by atoms with Gasteiger partial charge in [0.25, 0.3) is 0 Å². The van der Waals surface area contributed by atoms with Gasteiger partial charge in [0.2, 0.25) is 0 Å². The molecule has 2 aromatic rings. The summed E-state index contributed by atoms with van der Waals surface area (Å²) in [5, 5.41) is 11.8. The number of hydrogen-bond donors (Lipinski definition) is 1. The highest BCUT2D eigenvalue weighted by atomic mass is 16.6. The molecule has 3 rings (SSSR count). The lowest BCUT2D eigenvalue weighted by Gasteiger charge is -2.31. The highest BCUT2D eigenvalue weighted by Crippen LogP contribution is 2.34. The smallest absolute Gasteiger partial charge is 0.336 e. The summed E-state index contributed by atoms with van der Waals surface area (Å²) in [5.41, 5.74) is 2.07. The standard InChI is InChI=1S/C23H31NO6/c1-15-5-4-8-24(13-15)14-19-22(27)17(6-7-20(25)29-10-9-28-3)12-18-16(2)11-21(26)30-23(18)19/h11-12,15,27H,4-10,13-14H2,1-3H3. The van der Waals surface area contributed by atoms with Crippen molar-refractivity contribution in [2.24, 2.45) is 5.92 Å². The molecular formula is C23H31NO6. The zero-order chi connectivity index (χ0) is 21.7. The summed E-state index contributed by atoms with van der Waals surface area (Å²) < 4.78 is 15.5. The molecule has 7 heteroatoms. The minimum Gasteiger partial charge on any atom is -0.507 e. The van der Waals surface area contributed by atoms with E-state index in [0.29, 0.717) is 42.2 Å². The number of piperidine rings is 1. The minimum absolute atomic E-state index is 0.0965. The van der Waals surface area contributed by atoms with Gasteiger partial charge in [-0.05, 0) is 55.8 Å². The van der Waals surface area contributed by atoms with Crippen LogP contribution in [0.3, 0.4) is 0 Å². The Bertz CT molecular complexity index is 951. The number of hydrogen-bond acceptors (Lipinski definition) is 7. The van der Waals surface area contributed by atoms with Crippen LogP contribution < -0.4 is 5.63 Å². The number of aryl methyl sites for hydroxylation is 2. The summed E-state index contributed by atoms with van der Waals surface area (Å²) in [5.74, 6) is 0.347. The Labute approximate surface area is 176 Å². The van der Waals surface area contributed by atoms with Gasteiger partial charge in [0.05, 0.1) is 12.2 Å². The maximum atomic E-state index is 12.0. The second-order valence-corrected chi connectivity index (χ2v) is 8.18. The average Bonchev–Trinajstić information content (AvgIpc) is 2.69. The van der Waals surface area contributed by atoms with Crippen LogP contribution in [0.5, 0.6) is 5.75 Å². The Kier molecular flexibility index (Phi) is 7.50. The summed E-state index contributed by atoms with van der Waals surface area (Å²) in [6.07, 6.45) is 2.80. The molecule has 0 aliphatic carbocycles. The number of carbonyl (C=O) groups is 1. The number of aromatic hydroxyl groups is 1. The Balaban J connectivity index is 1.91. The van der Waals surface area contributed by atoms with Crippen LogP contribution in [0.2, 0.25) is 0 Å². The van der Waals surface area contributed by atoms with Crippen molar-refractivity contribution >= 4 is 16.9 Å². The molecule has 1 atom stereocenters. The predicted octanol–water partition coefficient (Wildman–Crippen LogP) is 3.16. The van der Waals surface area contributed by atoms with Gasteiger partial charge in [-0.15, -0.1) is 0 Å². The number of nitrogens with zero attached hydrogens (tertiary/aromatic N) is 1. The molecule has 0 bridgehead atoms. The van der Waals surface area contributed by atoms with Gasteiger partial charge in [-0.2, -0.15) is 0 Å². The molecule has 0 radical (unpaired) electrons. The molecule has 1 unspecified atom stereocenters. The van der Waals surface area contributed by atoms with Crippen molar-refractivity contribution < 1.29 is 23.8 Å². The number of fused-ring (bicyclic) bond motifs is 1. The van der Waals surface area contributed by atoms with Crippen molar-refractivity contribution in [3.05, 3.63) is 39.2 Å². The van der Waals surface area contributed by atoms with E-state index < -0.39 is 5.63 Å². The third-order valence-electron chi connectivity index (χ3n) is 5.66. The Hall–Kier alpha value is -2.38. The average molecular weight is 418 g/mol. The molecule has 164 valence electrons. The van der Waals surface area contributed by atoms with Crippen LogP contribution in [0, 0.1) is 12.8 Å². The third-order valence-corrected chi connectivity index (χ3v) is 5.66. The topological polar surface area (TPSA) is 89.2 Å². The number of methoxy groups -OCH3 is 1. The lowest BCUT2D eigenvalue weighted by atomic mass is 9.96. The van der Waals surface area contributed by atoms with Gasteiger partial charge in [0.1, 0.15) is 17.9 Å². The van der Waals surface area contributed by atoms with Crippen LogP contribution >= 0.6 is 0 Å². The second-order valence-electron chi connectivity index (χ2n) is 8.18. The fraction of sp³-hybridized carbons (Fsp3) is 0.565. The second kappa shape index (κ2) is 10.1. The Morgan fingerprint density at radius 2 is 2.13 bits per heavy atom. The maximum Gasteiger partial charge on any atom is 0.336 e. The van der Waals surface area contributed by atoms with Gasteiger partial charge >= 0.3 is 11.6 Å². The monoisotopic (exact) mass is 417 g/mol. The van der Waals surface area contributed by atoms with E-state index in [1.807, 2.05) is 13.0 Å². The summed E-state index contributed by atoms with van der Waals surface area (Å²) in [4.78, 5) is 26.3. The fourth-order valence-corrected chi connectivity index (χ4v) is 4.11. The number of phenols is 1. The van der Waals surface area contributed by atoms with Crippen LogP contribution in [0.1, 0.15) is 42.9 Å². The van der Waals surface area contributed by atoms with Crippen molar-refractivity contribution in [1.82, 2.24) is 4.90 Å². The molecule has 1 aromatic heterocycles. The van der Waals surface area contributed by atoms with Gasteiger partial charge in [-0.25, -0.2) is 4.79 Å². The molecule has 0 saturated carbocycles. The van der Waals surface area contributed by atoms with Gasteiger partial charge in [0.15, 0.2) is 0 Å². The minimum atomic E-state index is -0.429. The Morgan fingerprint density at radius 3 is 2.87 bits per heavy atom. The lowest BCUT2D eigenvalue weighted by Crippen LogP contribution is -2.33. The quantitative estimate of drug-likeness (QED) is 0.401. The first-order valence-corrected chi connectivity index (χ1v) is 10.5. The van der Waals surface area contributed by atoms with E-state index >= 15 is 0 Å². The van der Waals surface area contributed by atoms with Crippen molar-refractivity contribution in [3.8, 4) is 5.75 Å². The van der Waals surface area contributed by atoms with Crippen molar-refractivity contribution in [3.63, 3.8) is 0 Å². The number of phenolic OH excluding ortho intramolecular Hbond substituents is 1. The molecule has 1 N–H and O–H groups in total. The highest BCUT2D eigenvalue weighted by molar-refractivity contribution is 5.86. The van der Waals surface area contributed by atoms with Crippen molar-refractivity contribution in [2.45, 2.75) is 46.1 Å². The summed E-state index contributed by atoms with van der Waals surface area (Å²) in [6, 6.07) is 3.27. The van der Waals surface area contributed by atoms with Crippen LogP contribution in [-0.4, -0.2) is 49.4 Å².